The molecule has 28 heavy (non-hydrogen) atoms. The number of aromatic nitrogens is 3. The zero-order valence-electron chi connectivity index (χ0n) is 15.7. The highest BCUT2D eigenvalue weighted by molar-refractivity contribution is 6.34. The molecule has 1 aromatic carbocycles. The first-order chi connectivity index (χ1) is 13.4. The molecular weight excluding hydrogens is 382 g/mol. The summed E-state index contributed by atoms with van der Waals surface area (Å²) < 4.78 is 0. The van der Waals surface area contributed by atoms with Crippen LogP contribution in [0.2, 0.25) is 5.02 Å². The summed E-state index contributed by atoms with van der Waals surface area (Å²) in [6.45, 7) is 5.58. The molecule has 1 aliphatic heterocycles. The van der Waals surface area contributed by atoms with Gasteiger partial charge in [0.2, 0.25) is 5.95 Å². The van der Waals surface area contributed by atoms with Crippen molar-refractivity contribution in [3.05, 3.63) is 35.5 Å². The van der Waals surface area contributed by atoms with Crippen molar-refractivity contribution in [1.82, 2.24) is 30.9 Å². The van der Waals surface area contributed by atoms with Gasteiger partial charge in [0.05, 0.1) is 11.9 Å². The Balaban J connectivity index is 1.60. The Morgan fingerprint density at radius 1 is 1.11 bits per heavy atom. The number of hydrogen-bond donors (Lipinski definition) is 2. The molecule has 0 aliphatic carbocycles. The van der Waals surface area contributed by atoms with Crippen LogP contribution in [0.5, 0.6) is 0 Å². The number of benzene rings is 1. The van der Waals surface area contributed by atoms with Crippen molar-refractivity contribution in [2.75, 3.05) is 31.1 Å². The third-order valence-electron chi connectivity index (χ3n) is 4.21. The molecule has 2 amide bonds. The minimum Gasteiger partial charge on any atom is -0.336 e. The minimum absolute atomic E-state index is 0.0474. The zero-order chi connectivity index (χ0) is 20.1. The molecule has 1 saturated heterocycles. The minimum atomic E-state index is -0.662. The number of halogens is 1. The van der Waals surface area contributed by atoms with Gasteiger partial charge in [-0.25, -0.2) is 10.4 Å². The standard InChI is InChI=1S/C18H22ClN7O2/c1-12(2)22-23-16(27)17(28)25-7-9-26(10-8-25)18-21-15(11-20-24-18)13-3-5-14(19)6-4-13/h3-6,11-12,22H,7-10H2,1-2H3,(H,23,27). The van der Waals surface area contributed by atoms with Crippen LogP contribution in [0.25, 0.3) is 11.3 Å². The van der Waals surface area contributed by atoms with Crippen molar-refractivity contribution in [2.45, 2.75) is 19.9 Å². The van der Waals surface area contributed by atoms with Crippen LogP contribution >= 0.6 is 11.6 Å². The molecule has 0 saturated carbocycles. The number of carbonyl (C=O) groups excluding carboxylic acids is 2. The van der Waals surface area contributed by atoms with Gasteiger partial charge < -0.3 is 9.80 Å². The Morgan fingerprint density at radius 2 is 1.79 bits per heavy atom. The summed E-state index contributed by atoms with van der Waals surface area (Å²) in [7, 11) is 0. The molecule has 0 atom stereocenters. The summed E-state index contributed by atoms with van der Waals surface area (Å²) in [5, 5.41) is 8.80. The van der Waals surface area contributed by atoms with E-state index in [-0.39, 0.29) is 6.04 Å². The van der Waals surface area contributed by atoms with Gasteiger partial charge in [-0.3, -0.25) is 15.0 Å². The first-order valence-electron chi connectivity index (χ1n) is 8.99. The lowest BCUT2D eigenvalue weighted by molar-refractivity contribution is -0.146. The molecule has 148 valence electrons. The second-order valence-electron chi connectivity index (χ2n) is 6.68. The average Bonchev–Trinajstić information content (AvgIpc) is 2.72. The highest BCUT2D eigenvalue weighted by Crippen LogP contribution is 2.20. The van der Waals surface area contributed by atoms with Gasteiger partial charge in [-0.05, 0) is 26.0 Å². The number of amides is 2. The molecule has 1 aromatic heterocycles. The maximum atomic E-state index is 12.2. The van der Waals surface area contributed by atoms with E-state index < -0.39 is 11.8 Å². The van der Waals surface area contributed by atoms with Crippen LogP contribution in [0, 0.1) is 0 Å². The van der Waals surface area contributed by atoms with Crippen LogP contribution in [0.3, 0.4) is 0 Å². The van der Waals surface area contributed by atoms with Crippen LogP contribution in [0.1, 0.15) is 13.8 Å². The number of anilines is 1. The summed E-state index contributed by atoms with van der Waals surface area (Å²) in [6, 6.07) is 7.38. The molecule has 0 spiro atoms. The van der Waals surface area contributed by atoms with Crippen LogP contribution in [0.15, 0.2) is 30.5 Å². The lowest BCUT2D eigenvalue weighted by Gasteiger charge is -2.34. The lowest BCUT2D eigenvalue weighted by Crippen LogP contribution is -2.55. The van der Waals surface area contributed by atoms with Crippen LogP contribution in [-0.4, -0.2) is 64.1 Å². The Kier molecular flexibility index (Phi) is 6.37. The average molecular weight is 404 g/mol. The number of nitrogens with one attached hydrogen (secondary N) is 2. The molecule has 0 radical (unpaired) electrons. The van der Waals surface area contributed by atoms with Crippen LogP contribution in [0.4, 0.5) is 5.95 Å². The van der Waals surface area contributed by atoms with Crippen molar-refractivity contribution in [2.24, 2.45) is 0 Å². The predicted molar refractivity (Wildman–Crippen MR) is 105 cm³/mol. The normalized spacial score (nSPS) is 14.3. The Hall–Kier alpha value is -2.78. The third-order valence-corrected chi connectivity index (χ3v) is 4.46. The number of carbonyl (C=O) groups is 2. The van der Waals surface area contributed by atoms with Gasteiger partial charge in [-0.2, -0.15) is 5.10 Å². The second kappa shape index (κ2) is 8.94. The van der Waals surface area contributed by atoms with E-state index in [1.807, 2.05) is 30.9 Å². The molecule has 0 unspecified atom stereocenters. The van der Waals surface area contributed by atoms with Crippen LogP contribution < -0.4 is 15.8 Å². The fourth-order valence-corrected chi connectivity index (χ4v) is 2.83. The van der Waals surface area contributed by atoms with E-state index in [2.05, 4.69) is 26.0 Å². The topological polar surface area (TPSA) is 103 Å². The van der Waals surface area contributed by atoms with Gasteiger partial charge in [0.15, 0.2) is 0 Å². The molecule has 10 heteroatoms. The number of rotatable bonds is 4. The quantitative estimate of drug-likeness (QED) is 0.576. The summed E-state index contributed by atoms with van der Waals surface area (Å²) in [5.74, 6) is -0.725. The molecule has 9 nitrogen and oxygen atoms in total. The van der Waals surface area contributed by atoms with Gasteiger partial charge in [0.25, 0.3) is 0 Å². The maximum absolute atomic E-state index is 12.2. The summed E-state index contributed by atoms with van der Waals surface area (Å²) in [4.78, 5) is 32.2. The monoisotopic (exact) mass is 403 g/mol. The van der Waals surface area contributed by atoms with Gasteiger partial charge >= 0.3 is 11.8 Å². The van der Waals surface area contributed by atoms with Gasteiger partial charge in [-0.15, -0.1) is 5.10 Å². The van der Waals surface area contributed by atoms with E-state index in [4.69, 9.17) is 11.6 Å². The maximum Gasteiger partial charge on any atom is 0.323 e. The van der Waals surface area contributed by atoms with E-state index in [1.165, 1.54) is 4.90 Å². The molecular formula is C18H22ClN7O2. The first kappa shape index (κ1) is 20.0. The van der Waals surface area contributed by atoms with E-state index in [0.29, 0.717) is 42.8 Å². The largest absolute Gasteiger partial charge is 0.336 e. The Bertz CT molecular complexity index is 836. The highest BCUT2D eigenvalue weighted by atomic mass is 35.5. The molecule has 2 aromatic rings. The number of piperazine rings is 1. The van der Waals surface area contributed by atoms with Gasteiger partial charge in [0.1, 0.15) is 0 Å². The smallest absolute Gasteiger partial charge is 0.323 e. The van der Waals surface area contributed by atoms with Crippen molar-refractivity contribution >= 4 is 29.4 Å². The predicted octanol–water partition coefficient (Wildman–Crippen LogP) is 0.870. The summed E-state index contributed by atoms with van der Waals surface area (Å²) in [5.41, 5.74) is 6.73. The summed E-state index contributed by atoms with van der Waals surface area (Å²) in [6.07, 6.45) is 1.60. The molecule has 3 rings (SSSR count). The Labute approximate surface area is 168 Å². The molecule has 1 aliphatic rings. The molecule has 2 N–H and O–H groups in total. The second-order valence-corrected chi connectivity index (χ2v) is 7.12. The Morgan fingerprint density at radius 3 is 2.43 bits per heavy atom. The molecule has 2 heterocycles. The van der Waals surface area contributed by atoms with E-state index in [9.17, 15) is 9.59 Å². The number of hydrogen-bond acceptors (Lipinski definition) is 7. The van der Waals surface area contributed by atoms with Crippen molar-refractivity contribution < 1.29 is 9.59 Å². The highest BCUT2D eigenvalue weighted by Gasteiger charge is 2.27. The van der Waals surface area contributed by atoms with E-state index >= 15 is 0 Å². The van der Waals surface area contributed by atoms with E-state index in [0.717, 1.165) is 5.56 Å². The SMILES string of the molecule is CC(C)NNC(=O)C(=O)N1CCN(c2nncc(-c3ccc(Cl)cc3)n2)CC1. The van der Waals surface area contributed by atoms with E-state index in [1.54, 1.807) is 18.3 Å². The van der Waals surface area contributed by atoms with Gasteiger partial charge in [-0.1, -0.05) is 23.7 Å². The fourth-order valence-electron chi connectivity index (χ4n) is 2.70. The van der Waals surface area contributed by atoms with Gasteiger partial charge in [0, 0.05) is 42.8 Å². The van der Waals surface area contributed by atoms with Crippen molar-refractivity contribution in [3.8, 4) is 11.3 Å². The third kappa shape index (κ3) is 4.93. The molecule has 1 fully saturated rings. The van der Waals surface area contributed by atoms with Crippen LogP contribution in [-0.2, 0) is 9.59 Å². The fraction of sp³-hybridized carbons (Fsp3) is 0.389. The number of hydrazine groups is 1. The van der Waals surface area contributed by atoms with Crippen molar-refractivity contribution in [3.63, 3.8) is 0 Å². The number of nitrogens with zero attached hydrogens (tertiary/aromatic N) is 5. The molecule has 0 bridgehead atoms. The summed E-state index contributed by atoms with van der Waals surface area (Å²) >= 11 is 5.93. The first-order valence-corrected chi connectivity index (χ1v) is 9.37. The zero-order valence-corrected chi connectivity index (χ0v) is 16.5. The lowest BCUT2D eigenvalue weighted by atomic mass is 10.2. The van der Waals surface area contributed by atoms with Crippen molar-refractivity contribution in [1.29, 1.82) is 0 Å².